The zero-order valence-corrected chi connectivity index (χ0v) is 16.5. The molecule has 0 spiro atoms. The van der Waals surface area contributed by atoms with Gasteiger partial charge in [0.2, 0.25) is 5.55 Å². The number of para-hydroxylation sites is 1. The van der Waals surface area contributed by atoms with Gasteiger partial charge in [-0.05, 0) is 49.2 Å². The van der Waals surface area contributed by atoms with Crippen LogP contribution in [0, 0.1) is 0 Å². The summed E-state index contributed by atoms with van der Waals surface area (Å²) >= 11 is 12.3. The van der Waals surface area contributed by atoms with E-state index in [1.807, 2.05) is 12.1 Å². The van der Waals surface area contributed by atoms with Crippen LogP contribution in [0.2, 0.25) is 10.0 Å². The van der Waals surface area contributed by atoms with Crippen LogP contribution in [0.1, 0.15) is 23.2 Å². The molecule has 0 radical (unpaired) electrons. The number of carbonyl (C=O) groups excluding carboxylic acids is 1. The van der Waals surface area contributed by atoms with Gasteiger partial charge in [0, 0.05) is 23.6 Å². The maximum Gasteiger partial charge on any atom is 0.256 e. The fourth-order valence-electron chi connectivity index (χ4n) is 3.11. The summed E-state index contributed by atoms with van der Waals surface area (Å²) in [6.07, 6.45) is 1.99. The van der Waals surface area contributed by atoms with Crippen LogP contribution in [0.15, 0.2) is 57.9 Å². The molecule has 1 aliphatic heterocycles. The smallest absolute Gasteiger partial charge is 0.256 e. The van der Waals surface area contributed by atoms with Gasteiger partial charge in [0.15, 0.2) is 0 Å². The lowest BCUT2D eigenvalue weighted by Crippen LogP contribution is -2.34. The second-order valence-corrected chi connectivity index (χ2v) is 7.40. The molecule has 2 aromatic carbocycles. The molecule has 1 aliphatic rings. The Morgan fingerprint density at radius 3 is 2.82 bits per heavy atom. The second-order valence-electron chi connectivity index (χ2n) is 6.56. The lowest BCUT2D eigenvalue weighted by atomic mass is 10.1. The van der Waals surface area contributed by atoms with Gasteiger partial charge in [0.1, 0.15) is 11.1 Å². The van der Waals surface area contributed by atoms with E-state index in [4.69, 9.17) is 32.4 Å². The van der Waals surface area contributed by atoms with Gasteiger partial charge in [-0.25, -0.2) is 4.99 Å². The molecule has 1 N–H and O–H groups in total. The number of hydrogen-bond acceptors (Lipinski definition) is 4. The van der Waals surface area contributed by atoms with Gasteiger partial charge >= 0.3 is 0 Å². The highest BCUT2D eigenvalue weighted by molar-refractivity contribution is 6.33. The Kier molecular flexibility index (Phi) is 5.67. The molecule has 144 valence electrons. The Morgan fingerprint density at radius 2 is 2.04 bits per heavy atom. The third-order valence-electron chi connectivity index (χ3n) is 4.54. The molecule has 5 nitrogen and oxygen atoms in total. The van der Waals surface area contributed by atoms with Crippen molar-refractivity contribution in [1.82, 2.24) is 5.32 Å². The van der Waals surface area contributed by atoms with Crippen LogP contribution in [0.5, 0.6) is 0 Å². The number of hydrogen-bond donors (Lipinski definition) is 1. The number of ether oxygens (including phenoxy) is 1. The highest BCUT2D eigenvalue weighted by Crippen LogP contribution is 2.24. The number of amides is 1. The van der Waals surface area contributed by atoms with Crippen LogP contribution in [0.4, 0.5) is 5.69 Å². The molecule has 1 fully saturated rings. The molecule has 0 saturated carbocycles. The number of halogens is 2. The molecular weight excluding hydrogens is 399 g/mol. The zero-order valence-electron chi connectivity index (χ0n) is 15.0. The van der Waals surface area contributed by atoms with Gasteiger partial charge in [-0.1, -0.05) is 35.3 Å². The minimum atomic E-state index is -0.285. The van der Waals surface area contributed by atoms with Crippen molar-refractivity contribution < 1.29 is 13.9 Å². The predicted molar refractivity (Wildman–Crippen MR) is 109 cm³/mol. The average Bonchev–Trinajstić information content (AvgIpc) is 3.21. The minimum absolute atomic E-state index is 0.0414. The lowest BCUT2D eigenvalue weighted by Gasteiger charge is -2.11. The topological polar surface area (TPSA) is 63.8 Å². The first kappa shape index (κ1) is 19.0. The molecule has 1 saturated heterocycles. The number of carbonyl (C=O) groups is 1. The van der Waals surface area contributed by atoms with E-state index in [0.29, 0.717) is 38.8 Å². The van der Waals surface area contributed by atoms with Crippen LogP contribution < -0.4 is 10.9 Å². The van der Waals surface area contributed by atoms with Gasteiger partial charge < -0.3 is 14.5 Å². The van der Waals surface area contributed by atoms with Crippen LogP contribution >= 0.6 is 23.2 Å². The van der Waals surface area contributed by atoms with E-state index in [-0.39, 0.29) is 17.6 Å². The molecule has 1 amide bonds. The van der Waals surface area contributed by atoms with Crippen LogP contribution in [-0.4, -0.2) is 25.2 Å². The Labute approximate surface area is 171 Å². The summed E-state index contributed by atoms with van der Waals surface area (Å²) in [4.78, 5) is 17.4. The number of nitrogens with one attached hydrogen (secondary N) is 1. The summed E-state index contributed by atoms with van der Waals surface area (Å²) < 4.78 is 11.5. The first-order valence-corrected chi connectivity index (χ1v) is 9.78. The molecule has 1 unspecified atom stereocenters. The van der Waals surface area contributed by atoms with E-state index in [2.05, 4.69) is 10.3 Å². The molecule has 28 heavy (non-hydrogen) atoms. The summed E-state index contributed by atoms with van der Waals surface area (Å²) in [5, 5.41) is 4.66. The van der Waals surface area contributed by atoms with Crippen molar-refractivity contribution in [1.29, 1.82) is 0 Å². The van der Waals surface area contributed by atoms with Crippen molar-refractivity contribution in [2.75, 3.05) is 13.2 Å². The van der Waals surface area contributed by atoms with Crippen molar-refractivity contribution in [2.45, 2.75) is 18.9 Å². The minimum Gasteiger partial charge on any atom is -0.438 e. The second kappa shape index (κ2) is 8.35. The largest absolute Gasteiger partial charge is 0.438 e. The van der Waals surface area contributed by atoms with E-state index in [1.165, 1.54) is 0 Å². The van der Waals surface area contributed by atoms with Crippen LogP contribution in [0.25, 0.3) is 11.0 Å². The number of nitrogens with zero attached hydrogens (tertiary/aromatic N) is 1. The Morgan fingerprint density at radius 1 is 1.18 bits per heavy atom. The van der Waals surface area contributed by atoms with Crippen molar-refractivity contribution >= 4 is 45.8 Å². The molecule has 2 heterocycles. The zero-order chi connectivity index (χ0) is 19.5. The highest BCUT2D eigenvalue weighted by atomic mass is 35.5. The molecule has 3 aromatic rings. The average molecular weight is 417 g/mol. The molecule has 0 bridgehead atoms. The van der Waals surface area contributed by atoms with E-state index < -0.39 is 0 Å². The van der Waals surface area contributed by atoms with Gasteiger partial charge in [-0.2, -0.15) is 0 Å². The fraction of sp³-hybridized carbons (Fsp3) is 0.238. The van der Waals surface area contributed by atoms with E-state index in [0.717, 1.165) is 19.4 Å². The molecule has 7 heteroatoms. The molecule has 1 aromatic heterocycles. The number of benzene rings is 2. The maximum atomic E-state index is 12.9. The van der Waals surface area contributed by atoms with Gasteiger partial charge in [0.25, 0.3) is 5.91 Å². The van der Waals surface area contributed by atoms with Crippen molar-refractivity contribution in [2.24, 2.45) is 4.99 Å². The first-order chi connectivity index (χ1) is 13.6. The summed E-state index contributed by atoms with van der Waals surface area (Å²) in [5.74, 6) is -0.285. The monoisotopic (exact) mass is 416 g/mol. The summed E-state index contributed by atoms with van der Waals surface area (Å²) in [6.45, 7) is 1.18. The molecular formula is C21H18Cl2N2O3. The quantitative estimate of drug-likeness (QED) is 0.658. The number of fused-ring (bicyclic) bond motifs is 1. The maximum absolute atomic E-state index is 12.9. The standard InChI is InChI=1S/C21H18Cl2N2O3/c22-14-7-8-19-13(10-14)11-16(20(26)24-12-15-4-3-9-27-15)21(28-19)25-18-6-2-1-5-17(18)23/h1-2,5-8,10-11,15H,3-4,9,12H2,(H,24,26). The predicted octanol–water partition coefficient (Wildman–Crippen LogP) is 4.88. The summed E-state index contributed by atoms with van der Waals surface area (Å²) in [6, 6.07) is 14.1. The van der Waals surface area contributed by atoms with Crippen LogP contribution in [0.3, 0.4) is 0 Å². The molecule has 0 aliphatic carbocycles. The van der Waals surface area contributed by atoms with Crippen molar-refractivity contribution in [3.05, 3.63) is 69.7 Å². The van der Waals surface area contributed by atoms with Gasteiger partial charge in [-0.15, -0.1) is 0 Å². The Hall–Kier alpha value is -2.34. The Balaban J connectivity index is 1.77. The van der Waals surface area contributed by atoms with Crippen LogP contribution in [-0.2, 0) is 4.74 Å². The van der Waals surface area contributed by atoms with Gasteiger partial charge in [0.05, 0.1) is 16.8 Å². The van der Waals surface area contributed by atoms with E-state index in [9.17, 15) is 4.79 Å². The lowest BCUT2D eigenvalue weighted by molar-refractivity contribution is 0.0854. The number of rotatable bonds is 4. The van der Waals surface area contributed by atoms with Crippen molar-refractivity contribution in [3.63, 3.8) is 0 Å². The molecule has 1 atom stereocenters. The normalized spacial score (nSPS) is 17.2. The Bertz CT molecular complexity index is 1090. The third kappa shape index (κ3) is 4.22. The molecule has 4 rings (SSSR count). The first-order valence-electron chi connectivity index (χ1n) is 9.02. The van der Waals surface area contributed by atoms with E-state index >= 15 is 0 Å². The van der Waals surface area contributed by atoms with E-state index in [1.54, 1.807) is 36.4 Å². The summed E-state index contributed by atoms with van der Waals surface area (Å²) in [7, 11) is 0. The van der Waals surface area contributed by atoms with Gasteiger partial charge in [-0.3, -0.25) is 4.79 Å². The third-order valence-corrected chi connectivity index (χ3v) is 5.10. The van der Waals surface area contributed by atoms with Crippen molar-refractivity contribution in [3.8, 4) is 0 Å². The fourth-order valence-corrected chi connectivity index (χ4v) is 3.46. The SMILES string of the molecule is O=C(NCC1CCCO1)c1cc2cc(Cl)ccc2oc1=Nc1ccccc1Cl. The summed E-state index contributed by atoms with van der Waals surface area (Å²) in [5.41, 5.74) is 1.60. The highest BCUT2D eigenvalue weighted by Gasteiger charge is 2.18.